The van der Waals surface area contributed by atoms with E-state index >= 15 is 0 Å². The van der Waals surface area contributed by atoms with Gasteiger partial charge in [0, 0.05) is 24.3 Å². The van der Waals surface area contributed by atoms with Gasteiger partial charge in [0.1, 0.15) is 12.7 Å². The molecule has 3 aromatic carbocycles. The Labute approximate surface area is 187 Å². The maximum Gasteiger partial charge on any atom is 0.251 e. The van der Waals surface area contributed by atoms with Crippen LogP contribution < -0.4 is 10.2 Å². The second kappa shape index (κ2) is 9.06. The molecule has 2 heterocycles. The van der Waals surface area contributed by atoms with Crippen LogP contribution in [-0.4, -0.2) is 27.2 Å². The van der Waals surface area contributed by atoms with Crippen molar-refractivity contribution >= 4 is 11.6 Å². The van der Waals surface area contributed by atoms with Gasteiger partial charge in [-0.25, -0.2) is 4.98 Å². The molecule has 0 saturated heterocycles. The molecule has 1 unspecified atom stereocenters. The summed E-state index contributed by atoms with van der Waals surface area (Å²) in [5.74, 6) is -0.102. The summed E-state index contributed by atoms with van der Waals surface area (Å²) >= 11 is 0. The van der Waals surface area contributed by atoms with Crippen LogP contribution in [0.4, 0.5) is 5.69 Å². The molecule has 1 aliphatic heterocycles. The molecule has 32 heavy (non-hydrogen) atoms. The molecule has 0 spiro atoms. The topological polar surface area (TPSA) is 63.1 Å². The summed E-state index contributed by atoms with van der Waals surface area (Å²) in [6.07, 6.45) is 4.20. The normalized spacial score (nSPS) is 13.9. The van der Waals surface area contributed by atoms with Crippen LogP contribution in [0.2, 0.25) is 0 Å². The number of nitrogens with one attached hydrogen (secondary N) is 1. The fourth-order valence-corrected chi connectivity index (χ4v) is 4.22. The number of carbonyl (C=O) groups is 1. The first-order valence-corrected chi connectivity index (χ1v) is 10.9. The Balaban J connectivity index is 1.29. The highest BCUT2D eigenvalue weighted by atomic mass is 16.1. The summed E-state index contributed by atoms with van der Waals surface area (Å²) in [5, 5.41) is 7.35. The average Bonchev–Trinajstić information content (AvgIpc) is 3.37. The molecule has 4 aromatic rings. The van der Waals surface area contributed by atoms with Crippen molar-refractivity contribution in [3.63, 3.8) is 0 Å². The first-order valence-electron chi connectivity index (χ1n) is 10.9. The van der Waals surface area contributed by atoms with Crippen molar-refractivity contribution in [2.24, 2.45) is 0 Å². The van der Waals surface area contributed by atoms with Crippen molar-refractivity contribution in [3.05, 3.63) is 114 Å². The van der Waals surface area contributed by atoms with Crippen LogP contribution in [0, 0.1) is 0 Å². The Morgan fingerprint density at radius 2 is 1.69 bits per heavy atom. The van der Waals surface area contributed by atoms with Gasteiger partial charge in [-0.1, -0.05) is 54.6 Å². The molecule has 160 valence electrons. The van der Waals surface area contributed by atoms with E-state index in [1.54, 1.807) is 11.0 Å². The fraction of sp³-hybridized carbons (Fsp3) is 0.192. The largest absolute Gasteiger partial charge is 0.367 e. The van der Waals surface area contributed by atoms with Crippen molar-refractivity contribution < 1.29 is 4.79 Å². The van der Waals surface area contributed by atoms with Gasteiger partial charge in [-0.15, -0.1) is 0 Å². The number of aromatic nitrogens is 3. The fourth-order valence-electron chi connectivity index (χ4n) is 4.22. The predicted octanol–water partition coefficient (Wildman–Crippen LogP) is 4.01. The Bertz CT molecular complexity index is 1170. The molecular weight excluding hydrogens is 398 g/mol. The molecule has 0 fully saturated rings. The molecule has 1 atom stereocenters. The van der Waals surface area contributed by atoms with E-state index in [2.05, 4.69) is 44.6 Å². The van der Waals surface area contributed by atoms with Gasteiger partial charge in [-0.3, -0.25) is 9.48 Å². The van der Waals surface area contributed by atoms with E-state index in [9.17, 15) is 4.79 Å². The highest BCUT2D eigenvalue weighted by Gasteiger charge is 2.19. The minimum absolute atomic E-state index is 0.102. The molecule has 6 heteroatoms. The molecular formula is C26H25N5O. The van der Waals surface area contributed by atoms with Crippen LogP contribution in [0.15, 0.2) is 91.5 Å². The minimum atomic E-state index is -0.205. The van der Waals surface area contributed by atoms with Crippen molar-refractivity contribution in [2.75, 3.05) is 11.4 Å². The summed E-state index contributed by atoms with van der Waals surface area (Å²) in [6.45, 7) is 2.40. The molecule has 1 amide bonds. The predicted molar refractivity (Wildman–Crippen MR) is 124 cm³/mol. The lowest BCUT2D eigenvalue weighted by atomic mass is 9.99. The van der Waals surface area contributed by atoms with Gasteiger partial charge in [0.25, 0.3) is 5.91 Å². The van der Waals surface area contributed by atoms with E-state index in [0.717, 1.165) is 30.8 Å². The van der Waals surface area contributed by atoms with E-state index < -0.39 is 0 Å². The second-order valence-corrected chi connectivity index (χ2v) is 8.04. The standard InChI is InChI=1S/C26H25N5O/c32-26(29-25(17-31-19-27-18-28-31)21-7-2-1-3-8-21)22-10-12-24(13-11-22)30-15-14-20-6-4-5-9-23(20)16-30/h1-13,18-19,25H,14-17H2,(H,29,32). The van der Waals surface area contributed by atoms with E-state index in [1.807, 2.05) is 54.6 Å². The Morgan fingerprint density at radius 1 is 0.938 bits per heavy atom. The maximum atomic E-state index is 13.0. The highest BCUT2D eigenvalue weighted by Crippen LogP contribution is 2.25. The van der Waals surface area contributed by atoms with Crippen molar-refractivity contribution in [2.45, 2.75) is 25.6 Å². The number of rotatable bonds is 6. The van der Waals surface area contributed by atoms with Crippen LogP contribution >= 0.6 is 0 Å². The van der Waals surface area contributed by atoms with Gasteiger partial charge in [-0.2, -0.15) is 5.10 Å². The van der Waals surface area contributed by atoms with E-state index in [0.29, 0.717) is 12.1 Å². The monoisotopic (exact) mass is 423 g/mol. The third-order valence-corrected chi connectivity index (χ3v) is 5.97. The summed E-state index contributed by atoms with van der Waals surface area (Å²) in [7, 11) is 0. The number of hydrogen-bond donors (Lipinski definition) is 1. The molecule has 0 aliphatic carbocycles. The summed E-state index contributed by atoms with van der Waals surface area (Å²) in [5.41, 5.74) is 5.61. The lowest BCUT2D eigenvalue weighted by Crippen LogP contribution is -2.32. The smallest absolute Gasteiger partial charge is 0.251 e. The lowest BCUT2D eigenvalue weighted by molar-refractivity contribution is 0.0932. The zero-order valence-corrected chi connectivity index (χ0v) is 17.8. The Hall–Kier alpha value is -3.93. The molecule has 5 rings (SSSR count). The zero-order chi connectivity index (χ0) is 21.8. The average molecular weight is 424 g/mol. The zero-order valence-electron chi connectivity index (χ0n) is 17.8. The Morgan fingerprint density at radius 3 is 2.44 bits per heavy atom. The molecule has 6 nitrogen and oxygen atoms in total. The number of nitrogens with zero attached hydrogens (tertiary/aromatic N) is 4. The molecule has 0 bridgehead atoms. The third-order valence-electron chi connectivity index (χ3n) is 5.97. The van der Waals surface area contributed by atoms with Crippen molar-refractivity contribution in [1.29, 1.82) is 0 Å². The number of benzene rings is 3. The third kappa shape index (κ3) is 4.39. The Kier molecular flexibility index (Phi) is 5.66. The van der Waals surface area contributed by atoms with E-state index in [1.165, 1.54) is 17.5 Å². The number of carbonyl (C=O) groups excluding carboxylic acids is 1. The van der Waals surface area contributed by atoms with Gasteiger partial charge in [-0.05, 0) is 47.4 Å². The minimum Gasteiger partial charge on any atom is -0.367 e. The molecule has 1 aromatic heterocycles. The summed E-state index contributed by atoms with van der Waals surface area (Å²) in [4.78, 5) is 19.4. The van der Waals surface area contributed by atoms with Gasteiger partial charge >= 0.3 is 0 Å². The van der Waals surface area contributed by atoms with Crippen LogP contribution in [0.3, 0.4) is 0 Å². The molecule has 1 N–H and O–H groups in total. The first kappa shape index (κ1) is 20.0. The summed E-state index contributed by atoms with van der Waals surface area (Å²) < 4.78 is 1.73. The second-order valence-electron chi connectivity index (χ2n) is 8.04. The molecule has 1 aliphatic rings. The van der Waals surface area contributed by atoms with E-state index in [-0.39, 0.29) is 11.9 Å². The quantitative estimate of drug-likeness (QED) is 0.509. The van der Waals surface area contributed by atoms with Gasteiger partial charge in [0.2, 0.25) is 0 Å². The number of anilines is 1. The number of fused-ring (bicyclic) bond motifs is 1. The maximum absolute atomic E-state index is 13.0. The number of hydrogen-bond acceptors (Lipinski definition) is 4. The van der Waals surface area contributed by atoms with Gasteiger partial charge in [0.05, 0.1) is 12.6 Å². The first-order chi connectivity index (χ1) is 15.8. The van der Waals surface area contributed by atoms with Crippen molar-refractivity contribution in [3.8, 4) is 0 Å². The van der Waals surface area contributed by atoms with Crippen molar-refractivity contribution in [1.82, 2.24) is 20.1 Å². The highest BCUT2D eigenvalue weighted by molar-refractivity contribution is 5.94. The molecule has 0 radical (unpaired) electrons. The lowest BCUT2D eigenvalue weighted by Gasteiger charge is -2.30. The number of amides is 1. The van der Waals surface area contributed by atoms with Gasteiger partial charge in [0.15, 0.2) is 0 Å². The van der Waals surface area contributed by atoms with Crippen LogP contribution in [0.5, 0.6) is 0 Å². The van der Waals surface area contributed by atoms with Gasteiger partial charge < -0.3 is 10.2 Å². The van der Waals surface area contributed by atoms with Crippen LogP contribution in [0.25, 0.3) is 0 Å². The van der Waals surface area contributed by atoms with Crippen LogP contribution in [0.1, 0.15) is 33.1 Å². The van der Waals surface area contributed by atoms with Crippen LogP contribution in [-0.2, 0) is 19.5 Å². The van der Waals surface area contributed by atoms with E-state index in [4.69, 9.17) is 0 Å². The SMILES string of the molecule is O=C(NC(Cn1cncn1)c1ccccc1)c1ccc(N2CCc3ccccc3C2)cc1. The molecule has 0 saturated carbocycles. The summed E-state index contributed by atoms with van der Waals surface area (Å²) in [6, 6.07) is 26.2.